The fraction of sp³-hybridized carbons (Fsp3) is 0.529. The van der Waals surface area contributed by atoms with Crippen LogP contribution in [0.3, 0.4) is 0 Å². The van der Waals surface area contributed by atoms with E-state index in [9.17, 15) is 4.79 Å². The number of aromatic nitrogens is 2. The van der Waals surface area contributed by atoms with Crippen molar-refractivity contribution < 1.29 is 14.3 Å². The van der Waals surface area contributed by atoms with Crippen molar-refractivity contribution in [2.45, 2.75) is 6.04 Å². The number of hydrogen-bond acceptors (Lipinski definition) is 5. The standard InChI is InChI=1S/C17H22N4O3/c1-19(2)17(22)15-13-4-3-5-14-16(13)21(18-15)12(11-24-14)10-20-6-8-23-9-7-20/h3-5,12H,6-11H2,1-2H3/t12-/m1/s1. The van der Waals surface area contributed by atoms with Crippen molar-refractivity contribution in [2.24, 2.45) is 0 Å². The molecule has 2 aliphatic rings. The van der Waals surface area contributed by atoms with Crippen molar-refractivity contribution in [3.63, 3.8) is 0 Å². The van der Waals surface area contributed by atoms with Gasteiger partial charge in [0.25, 0.3) is 5.91 Å². The lowest BCUT2D eigenvalue weighted by Crippen LogP contribution is -2.42. The summed E-state index contributed by atoms with van der Waals surface area (Å²) in [4.78, 5) is 16.4. The van der Waals surface area contributed by atoms with Crippen LogP contribution < -0.4 is 4.74 Å². The molecule has 7 heteroatoms. The van der Waals surface area contributed by atoms with Crippen LogP contribution in [0.2, 0.25) is 0 Å². The molecule has 1 amide bonds. The van der Waals surface area contributed by atoms with Gasteiger partial charge in [0.1, 0.15) is 17.9 Å². The van der Waals surface area contributed by atoms with Crippen molar-refractivity contribution >= 4 is 16.8 Å². The summed E-state index contributed by atoms with van der Waals surface area (Å²) in [5.41, 5.74) is 1.42. The second kappa shape index (κ2) is 6.07. The van der Waals surface area contributed by atoms with Crippen LogP contribution in [0.25, 0.3) is 10.9 Å². The van der Waals surface area contributed by atoms with Crippen molar-refractivity contribution in [2.75, 3.05) is 53.6 Å². The molecule has 2 aliphatic heterocycles. The molecule has 0 saturated carbocycles. The minimum atomic E-state index is -0.0806. The molecule has 1 aromatic carbocycles. The molecule has 0 radical (unpaired) electrons. The van der Waals surface area contributed by atoms with Crippen LogP contribution in [-0.2, 0) is 4.74 Å². The summed E-state index contributed by atoms with van der Waals surface area (Å²) in [6, 6.07) is 5.90. The molecule has 24 heavy (non-hydrogen) atoms. The van der Waals surface area contributed by atoms with E-state index in [0.717, 1.165) is 49.5 Å². The van der Waals surface area contributed by atoms with Gasteiger partial charge >= 0.3 is 0 Å². The lowest BCUT2D eigenvalue weighted by molar-refractivity contribution is 0.0262. The fourth-order valence-electron chi connectivity index (χ4n) is 3.38. The number of hydrogen-bond donors (Lipinski definition) is 0. The molecule has 7 nitrogen and oxygen atoms in total. The number of amides is 1. The number of morpholine rings is 1. The van der Waals surface area contributed by atoms with E-state index >= 15 is 0 Å². The molecule has 2 aromatic rings. The summed E-state index contributed by atoms with van der Waals surface area (Å²) < 4.78 is 13.4. The minimum Gasteiger partial charge on any atom is -0.489 e. The number of carbonyl (C=O) groups excluding carboxylic acids is 1. The first-order chi connectivity index (χ1) is 11.6. The molecule has 0 unspecified atom stereocenters. The van der Waals surface area contributed by atoms with Crippen LogP contribution in [0, 0.1) is 0 Å². The first kappa shape index (κ1) is 15.4. The van der Waals surface area contributed by atoms with Gasteiger partial charge in [-0.2, -0.15) is 5.10 Å². The highest BCUT2D eigenvalue weighted by Crippen LogP contribution is 2.34. The highest BCUT2D eigenvalue weighted by molar-refractivity contribution is 6.06. The Morgan fingerprint density at radius 1 is 1.33 bits per heavy atom. The Kier molecular flexibility index (Phi) is 3.90. The Morgan fingerprint density at radius 2 is 2.12 bits per heavy atom. The minimum absolute atomic E-state index is 0.0806. The second-order valence-electron chi connectivity index (χ2n) is 6.52. The zero-order valence-corrected chi connectivity index (χ0v) is 14.1. The molecule has 1 atom stereocenters. The Balaban J connectivity index is 1.73. The van der Waals surface area contributed by atoms with Crippen LogP contribution in [0.1, 0.15) is 16.5 Å². The largest absolute Gasteiger partial charge is 0.489 e. The van der Waals surface area contributed by atoms with Gasteiger partial charge in [-0.1, -0.05) is 12.1 Å². The lowest BCUT2D eigenvalue weighted by atomic mass is 10.1. The summed E-state index contributed by atoms with van der Waals surface area (Å²) in [5.74, 6) is 0.721. The summed E-state index contributed by atoms with van der Waals surface area (Å²) in [6.45, 7) is 4.80. The zero-order chi connectivity index (χ0) is 16.7. The van der Waals surface area contributed by atoms with E-state index in [0.29, 0.717) is 12.3 Å². The summed E-state index contributed by atoms with van der Waals surface area (Å²) in [7, 11) is 3.50. The third-order valence-electron chi connectivity index (χ3n) is 4.65. The molecule has 1 aromatic heterocycles. The zero-order valence-electron chi connectivity index (χ0n) is 14.1. The molecule has 4 rings (SSSR count). The quantitative estimate of drug-likeness (QED) is 0.840. The van der Waals surface area contributed by atoms with Crippen molar-refractivity contribution in [3.05, 3.63) is 23.9 Å². The maximum Gasteiger partial charge on any atom is 0.274 e. The monoisotopic (exact) mass is 330 g/mol. The summed E-state index contributed by atoms with van der Waals surface area (Å²) >= 11 is 0. The van der Waals surface area contributed by atoms with E-state index in [1.807, 2.05) is 22.9 Å². The van der Waals surface area contributed by atoms with Crippen LogP contribution >= 0.6 is 0 Å². The van der Waals surface area contributed by atoms with E-state index in [-0.39, 0.29) is 11.9 Å². The summed E-state index contributed by atoms with van der Waals surface area (Å²) in [5, 5.41) is 5.53. The molecular formula is C17H22N4O3. The molecule has 3 heterocycles. The Hall–Kier alpha value is -2.12. The first-order valence-electron chi connectivity index (χ1n) is 8.31. The molecule has 0 spiro atoms. The van der Waals surface area contributed by atoms with Gasteiger partial charge < -0.3 is 14.4 Å². The predicted octanol–water partition coefficient (Wildman–Crippen LogP) is 1.00. The topological polar surface area (TPSA) is 59.8 Å². The number of ether oxygens (including phenoxy) is 2. The maximum atomic E-state index is 12.5. The molecule has 128 valence electrons. The SMILES string of the molecule is CN(C)C(=O)c1nn2c3c(cccc13)OC[C@H]2CN1CCOCC1. The Bertz CT molecular complexity index is 765. The van der Waals surface area contributed by atoms with Gasteiger partial charge in [-0.25, -0.2) is 0 Å². The highest BCUT2D eigenvalue weighted by atomic mass is 16.5. The average Bonchev–Trinajstić information content (AvgIpc) is 2.99. The third kappa shape index (κ3) is 2.53. The molecule has 1 fully saturated rings. The van der Waals surface area contributed by atoms with Crippen LogP contribution in [0.4, 0.5) is 0 Å². The van der Waals surface area contributed by atoms with Gasteiger partial charge in [-0.05, 0) is 6.07 Å². The number of nitrogens with zero attached hydrogens (tertiary/aromatic N) is 4. The van der Waals surface area contributed by atoms with Gasteiger partial charge in [-0.3, -0.25) is 14.4 Å². The smallest absolute Gasteiger partial charge is 0.274 e. The maximum absolute atomic E-state index is 12.5. The first-order valence-corrected chi connectivity index (χ1v) is 8.31. The predicted molar refractivity (Wildman–Crippen MR) is 89.5 cm³/mol. The van der Waals surface area contributed by atoms with E-state index < -0.39 is 0 Å². The Labute approximate surface area is 140 Å². The highest BCUT2D eigenvalue weighted by Gasteiger charge is 2.30. The molecule has 0 aliphatic carbocycles. The van der Waals surface area contributed by atoms with Gasteiger partial charge in [0, 0.05) is 39.1 Å². The molecular weight excluding hydrogens is 308 g/mol. The normalized spacial score (nSPS) is 20.8. The van der Waals surface area contributed by atoms with Gasteiger partial charge in [0.2, 0.25) is 0 Å². The van der Waals surface area contributed by atoms with Crippen LogP contribution in [0.15, 0.2) is 18.2 Å². The number of rotatable bonds is 3. The fourth-order valence-corrected chi connectivity index (χ4v) is 3.38. The van der Waals surface area contributed by atoms with Crippen molar-refractivity contribution in [1.82, 2.24) is 19.6 Å². The molecule has 0 bridgehead atoms. The average molecular weight is 330 g/mol. The van der Waals surface area contributed by atoms with Gasteiger partial charge in [0.15, 0.2) is 5.69 Å². The second-order valence-corrected chi connectivity index (χ2v) is 6.52. The van der Waals surface area contributed by atoms with E-state index in [4.69, 9.17) is 9.47 Å². The Morgan fingerprint density at radius 3 is 2.88 bits per heavy atom. The van der Waals surface area contributed by atoms with Crippen LogP contribution in [-0.4, -0.2) is 79.0 Å². The van der Waals surface area contributed by atoms with Crippen molar-refractivity contribution in [3.8, 4) is 5.75 Å². The van der Waals surface area contributed by atoms with E-state index in [2.05, 4.69) is 10.00 Å². The molecule has 0 N–H and O–H groups in total. The lowest BCUT2D eigenvalue weighted by Gasteiger charge is -2.32. The number of carbonyl (C=O) groups is 1. The van der Waals surface area contributed by atoms with E-state index in [1.165, 1.54) is 0 Å². The molecule has 1 saturated heterocycles. The summed E-state index contributed by atoms with van der Waals surface area (Å²) in [6.07, 6.45) is 0. The van der Waals surface area contributed by atoms with Gasteiger partial charge in [-0.15, -0.1) is 0 Å². The third-order valence-corrected chi connectivity index (χ3v) is 4.65. The number of para-hydroxylation sites is 1. The van der Waals surface area contributed by atoms with Gasteiger partial charge in [0.05, 0.1) is 19.3 Å². The van der Waals surface area contributed by atoms with Crippen LogP contribution in [0.5, 0.6) is 5.75 Å². The van der Waals surface area contributed by atoms with Crippen molar-refractivity contribution in [1.29, 1.82) is 0 Å². The van der Waals surface area contributed by atoms with E-state index in [1.54, 1.807) is 19.0 Å². The number of benzene rings is 1.